The zero-order valence-electron chi connectivity index (χ0n) is 14.6. The Morgan fingerprint density at radius 3 is 1.33 bits per heavy atom. The first-order valence-corrected chi connectivity index (χ1v) is 11.7. The Kier molecular flexibility index (Phi) is 12.6. The van der Waals surface area contributed by atoms with Gasteiger partial charge >= 0.3 is 20.2 Å². The molecule has 0 saturated heterocycles. The van der Waals surface area contributed by atoms with E-state index in [1.165, 1.54) is 51.4 Å². The van der Waals surface area contributed by atoms with Gasteiger partial charge in [0.15, 0.2) is 0 Å². The van der Waals surface area contributed by atoms with Crippen LogP contribution in [-0.4, -0.2) is 25.9 Å². The summed E-state index contributed by atoms with van der Waals surface area (Å²) in [4.78, 5) is 0. The summed E-state index contributed by atoms with van der Waals surface area (Å²) in [6, 6.07) is 0. The molecule has 0 heterocycles. The molecule has 0 spiro atoms. The van der Waals surface area contributed by atoms with Gasteiger partial charge in [-0.25, -0.2) is 0 Å². The Morgan fingerprint density at radius 2 is 1.00 bits per heavy atom. The van der Waals surface area contributed by atoms with Crippen molar-refractivity contribution in [1.29, 1.82) is 0 Å². The van der Waals surface area contributed by atoms with Crippen LogP contribution in [0.2, 0.25) is 0 Å². The quantitative estimate of drug-likeness (QED) is 0.313. The van der Waals surface area contributed by atoms with E-state index in [0.29, 0.717) is 6.42 Å². The minimum Gasteiger partial charge on any atom is -0.281 e. The first-order valence-electron chi connectivity index (χ1n) is 8.84. The van der Waals surface area contributed by atoms with Gasteiger partial charge < -0.3 is 0 Å². The molecular weight excluding hydrogens is 352 g/mol. The Hall–Kier alpha value is -0.440. The van der Waals surface area contributed by atoms with Crippen molar-refractivity contribution < 1.29 is 25.9 Å². The molecule has 0 aromatic heterocycles. The molecule has 2 N–H and O–H groups in total. The summed E-state index contributed by atoms with van der Waals surface area (Å²) in [5, 5.41) is 0. The highest BCUT2D eigenvalue weighted by molar-refractivity contribution is 8.09. The number of hydrogen-bond donors (Lipinski definition) is 2. The lowest BCUT2D eigenvalue weighted by molar-refractivity contribution is 0.480. The summed E-state index contributed by atoms with van der Waals surface area (Å²) < 4.78 is 59.7. The molecule has 8 heteroatoms. The molecule has 0 aromatic rings. The van der Waals surface area contributed by atoms with Crippen molar-refractivity contribution in [1.82, 2.24) is 0 Å². The van der Waals surface area contributed by atoms with Crippen LogP contribution in [0.4, 0.5) is 0 Å². The molecule has 0 aromatic carbocycles. The minimum absolute atomic E-state index is 0.187. The molecule has 6 nitrogen and oxygen atoms in total. The van der Waals surface area contributed by atoms with Gasteiger partial charge in [0.25, 0.3) is 0 Å². The van der Waals surface area contributed by atoms with E-state index >= 15 is 0 Å². The summed E-state index contributed by atoms with van der Waals surface area (Å²) in [5.74, 6) is 0. The third kappa shape index (κ3) is 12.9. The SMILES string of the molecule is CCCCCCCCCCCCCCC=C(S(=O)(=O)O)S(=O)(=O)O. The molecule has 0 radical (unpaired) electrons. The fraction of sp³-hybridized carbons (Fsp3) is 0.875. The van der Waals surface area contributed by atoms with E-state index in [2.05, 4.69) is 6.92 Å². The van der Waals surface area contributed by atoms with E-state index in [0.717, 1.165) is 25.3 Å². The summed E-state index contributed by atoms with van der Waals surface area (Å²) in [6.45, 7) is 2.21. The summed E-state index contributed by atoms with van der Waals surface area (Å²) in [6.07, 6.45) is 14.9. The van der Waals surface area contributed by atoms with Crippen LogP contribution in [0.1, 0.15) is 90.4 Å². The van der Waals surface area contributed by atoms with E-state index < -0.39 is 24.5 Å². The number of allylic oxidation sites excluding steroid dienone is 1. The van der Waals surface area contributed by atoms with Gasteiger partial charge in [0, 0.05) is 0 Å². The second-order valence-electron chi connectivity index (χ2n) is 6.15. The highest BCUT2D eigenvalue weighted by atomic mass is 32.3. The third-order valence-corrected chi connectivity index (χ3v) is 6.49. The van der Waals surface area contributed by atoms with Gasteiger partial charge in [-0.1, -0.05) is 77.6 Å². The maximum atomic E-state index is 10.9. The monoisotopic (exact) mass is 384 g/mol. The van der Waals surface area contributed by atoms with Crippen LogP contribution in [0.15, 0.2) is 10.3 Å². The molecule has 0 unspecified atom stereocenters. The lowest BCUT2D eigenvalue weighted by Crippen LogP contribution is -2.12. The molecule has 0 aliphatic heterocycles. The molecule has 0 amide bonds. The van der Waals surface area contributed by atoms with Gasteiger partial charge in [-0.15, -0.1) is 0 Å². The second-order valence-corrected chi connectivity index (χ2v) is 9.19. The average molecular weight is 385 g/mol. The van der Waals surface area contributed by atoms with Crippen LogP contribution in [0.25, 0.3) is 0 Å². The highest BCUT2D eigenvalue weighted by Gasteiger charge is 2.26. The second kappa shape index (κ2) is 12.9. The van der Waals surface area contributed by atoms with Crippen molar-refractivity contribution in [2.45, 2.75) is 90.4 Å². The molecule has 0 bridgehead atoms. The Morgan fingerprint density at radius 1 is 0.667 bits per heavy atom. The van der Waals surface area contributed by atoms with E-state index in [1.54, 1.807) is 0 Å². The van der Waals surface area contributed by atoms with Crippen LogP contribution in [0, 0.1) is 0 Å². The van der Waals surface area contributed by atoms with Crippen molar-refractivity contribution in [3.63, 3.8) is 0 Å². The molecule has 0 atom stereocenters. The van der Waals surface area contributed by atoms with Gasteiger partial charge in [0.1, 0.15) is 0 Å². The van der Waals surface area contributed by atoms with Crippen LogP contribution in [0.3, 0.4) is 0 Å². The summed E-state index contributed by atoms with van der Waals surface area (Å²) in [5.41, 5.74) is 0. The summed E-state index contributed by atoms with van der Waals surface area (Å²) >= 11 is 0. The largest absolute Gasteiger partial charge is 0.307 e. The first kappa shape index (κ1) is 23.6. The molecule has 144 valence electrons. The van der Waals surface area contributed by atoms with Crippen LogP contribution < -0.4 is 0 Å². The normalized spacial score (nSPS) is 12.3. The van der Waals surface area contributed by atoms with Gasteiger partial charge in [0.2, 0.25) is 4.24 Å². The standard InChI is InChI=1S/C16H32O6S2/c1-2-3-4-5-6-7-8-9-10-11-12-13-14-15-16(23(17,18)19)24(20,21)22/h15H,2-14H2,1H3,(H,17,18,19)(H,20,21,22). The lowest BCUT2D eigenvalue weighted by Gasteiger charge is -2.03. The third-order valence-electron chi connectivity index (χ3n) is 3.88. The number of unbranched alkanes of at least 4 members (excludes halogenated alkanes) is 12. The Labute approximate surface area is 147 Å². The van der Waals surface area contributed by atoms with Gasteiger partial charge in [-0.2, -0.15) is 16.8 Å². The van der Waals surface area contributed by atoms with Crippen molar-refractivity contribution in [2.75, 3.05) is 0 Å². The van der Waals surface area contributed by atoms with Gasteiger partial charge in [-0.05, 0) is 18.9 Å². The van der Waals surface area contributed by atoms with Crippen molar-refractivity contribution in [3.8, 4) is 0 Å². The maximum Gasteiger partial charge on any atom is 0.307 e. The number of rotatable bonds is 15. The Balaban J connectivity index is 3.71. The topological polar surface area (TPSA) is 109 Å². The fourth-order valence-corrected chi connectivity index (χ4v) is 4.27. The lowest BCUT2D eigenvalue weighted by atomic mass is 10.0. The predicted molar refractivity (Wildman–Crippen MR) is 96.9 cm³/mol. The Bertz CT molecular complexity index is 515. The molecule has 0 aliphatic carbocycles. The fourth-order valence-electron chi connectivity index (χ4n) is 2.55. The highest BCUT2D eigenvalue weighted by Crippen LogP contribution is 2.16. The predicted octanol–water partition coefficient (Wildman–Crippen LogP) is 4.69. The molecule has 24 heavy (non-hydrogen) atoms. The van der Waals surface area contributed by atoms with Gasteiger partial charge in [-0.3, -0.25) is 9.11 Å². The van der Waals surface area contributed by atoms with Gasteiger partial charge in [0.05, 0.1) is 0 Å². The maximum absolute atomic E-state index is 10.9. The molecular formula is C16H32O6S2. The first-order chi connectivity index (χ1) is 11.2. The summed E-state index contributed by atoms with van der Waals surface area (Å²) in [7, 11) is -9.83. The zero-order valence-corrected chi connectivity index (χ0v) is 16.2. The van der Waals surface area contributed by atoms with Crippen LogP contribution in [-0.2, 0) is 20.2 Å². The number of hydrogen-bond acceptors (Lipinski definition) is 4. The van der Waals surface area contributed by atoms with Crippen molar-refractivity contribution in [3.05, 3.63) is 10.3 Å². The van der Waals surface area contributed by atoms with Crippen LogP contribution in [0.5, 0.6) is 0 Å². The molecule has 0 aliphatic rings. The zero-order chi connectivity index (χ0) is 18.5. The smallest absolute Gasteiger partial charge is 0.281 e. The van der Waals surface area contributed by atoms with Crippen molar-refractivity contribution in [2.24, 2.45) is 0 Å². The van der Waals surface area contributed by atoms with Crippen molar-refractivity contribution >= 4 is 20.2 Å². The molecule has 0 fully saturated rings. The van der Waals surface area contributed by atoms with Crippen LogP contribution >= 0.6 is 0 Å². The van der Waals surface area contributed by atoms with E-state index in [4.69, 9.17) is 9.11 Å². The van der Waals surface area contributed by atoms with E-state index in [9.17, 15) is 16.8 Å². The average Bonchev–Trinajstić information content (AvgIpc) is 2.45. The molecule has 0 saturated carbocycles. The minimum atomic E-state index is -4.92. The van der Waals surface area contributed by atoms with E-state index in [1.807, 2.05) is 0 Å². The molecule has 0 rings (SSSR count). The van der Waals surface area contributed by atoms with E-state index in [-0.39, 0.29) is 6.42 Å².